The van der Waals surface area contributed by atoms with Gasteiger partial charge in [0.2, 0.25) is 5.91 Å². The van der Waals surface area contributed by atoms with Crippen molar-refractivity contribution in [1.82, 2.24) is 4.90 Å². The van der Waals surface area contributed by atoms with Gasteiger partial charge in [-0.2, -0.15) is 0 Å². The maximum Gasteiger partial charge on any atom is 0.220 e. The van der Waals surface area contributed by atoms with E-state index in [1.165, 1.54) is 7.11 Å². The number of likely N-dealkylation sites (tertiary alicyclic amines) is 1. The molecule has 1 aromatic rings. The Balaban J connectivity index is 1.95. The number of aryl methyl sites for hydroxylation is 2. The van der Waals surface area contributed by atoms with Crippen LogP contribution in [0.15, 0.2) is 17.0 Å². The van der Waals surface area contributed by atoms with Gasteiger partial charge in [-0.3, -0.25) is 9.69 Å². The normalized spacial score (nSPS) is 25.8. The van der Waals surface area contributed by atoms with E-state index in [2.05, 4.69) is 0 Å². The Morgan fingerprint density at radius 3 is 2.31 bits per heavy atom. The van der Waals surface area contributed by atoms with Crippen LogP contribution >= 0.6 is 0 Å². The summed E-state index contributed by atoms with van der Waals surface area (Å²) >= 11 is 0. The number of rotatable bonds is 5. The Morgan fingerprint density at radius 1 is 1.14 bits per heavy atom. The highest BCUT2D eigenvalue weighted by Crippen LogP contribution is 2.34. The summed E-state index contributed by atoms with van der Waals surface area (Å²) in [6.07, 6.45) is 1.03. The highest BCUT2D eigenvalue weighted by atomic mass is 32.2. The number of methoxy groups -OCH3 is 1. The molecule has 0 bridgehead atoms. The van der Waals surface area contributed by atoms with Gasteiger partial charge in [-0.1, -0.05) is 0 Å². The van der Waals surface area contributed by atoms with Crippen molar-refractivity contribution < 1.29 is 26.4 Å². The molecule has 0 spiro atoms. The molecule has 3 rings (SSSR count). The van der Waals surface area contributed by atoms with Crippen LogP contribution in [-0.4, -0.2) is 70.6 Å². The van der Waals surface area contributed by atoms with Gasteiger partial charge < -0.3 is 10.5 Å². The zero-order valence-corrected chi connectivity index (χ0v) is 18.6. The molecule has 1 amide bonds. The van der Waals surface area contributed by atoms with Gasteiger partial charge in [-0.15, -0.1) is 0 Å². The van der Waals surface area contributed by atoms with Crippen LogP contribution in [0.25, 0.3) is 0 Å². The summed E-state index contributed by atoms with van der Waals surface area (Å²) in [6.45, 7) is 4.36. The third kappa shape index (κ3) is 4.29. The fraction of sp³-hybridized carbons (Fsp3) is 0.632. The highest BCUT2D eigenvalue weighted by molar-refractivity contribution is 7.96. The summed E-state index contributed by atoms with van der Waals surface area (Å²) in [7, 11) is -5.85. The molecule has 29 heavy (non-hydrogen) atoms. The summed E-state index contributed by atoms with van der Waals surface area (Å²) in [4.78, 5) is 13.5. The second-order valence-corrected chi connectivity index (χ2v) is 12.3. The number of carbonyl (C=O) groups excluding carboxylic acids is 1. The van der Waals surface area contributed by atoms with E-state index in [0.717, 1.165) is 0 Å². The number of hydrogen-bond donors (Lipinski definition) is 1. The quantitative estimate of drug-likeness (QED) is 0.699. The van der Waals surface area contributed by atoms with Gasteiger partial charge >= 0.3 is 0 Å². The van der Waals surface area contributed by atoms with Gasteiger partial charge in [0, 0.05) is 12.0 Å². The molecule has 2 heterocycles. The lowest BCUT2D eigenvalue weighted by Crippen LogP contribution is -2.50. The topological polar surface area (TPSA) is 124 Å². The third-order valence-electron chi connectivity index (χ3n) is 6.07. The van der Waals surface area contributed by atoms with E-state index in [1.807, 2.05) is 4.90 Å². The van der Waals surface area contributed by atoms with Crippen LogP contribution in [0, 0.1) is 19.8 Å². The molecule has 0 saturated carbocycles. The predicted octanol–water partition coefficient (Wildman–Crippen LogP) is 0.449. The third-order valence-corrected chi connectivity index (χ3v) is 10.3. The van der Waals surface area contributed by atoms with Crippen LogP contribution in [0.3, 0.4) is 0 Å². The summed E-state index contributed by atoms with van der Waals surface area (Å²) < 4.78 is 57.1. The monoisotopic (exact) mass is 444 g/mol. The number of hydrogen-bond acceptors (Lipinski definition) is 7. The Morgan fingerprint density at radius 2 is 1.76 bits per heavy atom. The molecular weight excluding hydrogens is 416 g/mol. The van der Waals surface area contributed by atoms with Gasteiger partial charge in [-0.05, 0) is 63.0 Å². The van der Waals surface area contributed by atoms with E-state index >= 15 is 0 Å². The average Bonchev–Trinajstić information content (AvgIpc) is 2.99. The van der Waals surface area contributed by atoms with Gasteiger partial charge in [0.05, 0.1) is 28.8 Å². The molecule has 2 saturated heterocycles. The molecule has 10 heteroatoms. The first kappa shape index (κ1) is 22.0. The molecule has 0 radical (unpaired) electrons. The second-order valence-electron chi connectivity index (χ2n) is 8.03. The smallest absolute Gasteiger partial charge is 0.220 e. The highest BCUT2D eigenvalue weighted by Gasteiger charge is 2.49. The number of sulfone groups is 2. The van der Waals surface area contributed by atoms with Crippen molar-refractivity contribution in [3.63, 3.8) is 0 Å². The molecule has 0 unspecified atom stereocenters. The minimum atomic E-state index is -3.88. The molecule has 8 nitrogen and oxygen atoms in total. The molecule has 1 aromatic carbocycles. The minimum Gasteiger partial charge on any atom is -0.496 e. The number of nitrogens with two attached hydrogens (primary N) is 1. The zero-order valence-electron chi connectivity index (χ0n) is 16.9. The minimum absolute atomic E-state index is 0.148. The van der Waals surface area contributed by atoms with Gasteiger partial charge in [-0.25, -0.2) is 16.8 Å². The Labute approximate surface area is 172 Å². The lowest BCUT2D eigenvalue weighted by atomic mass is 9.95. The molecule has 2 fully saturated rings. The van der Waals surface area contributed by atoms with Crippen molar-refractivity contribution in [2.45, 2.75) is 42.9 Å². The maximum atomic E-state index is 13.5. The van der Waals surface area contributed by atoms with E-state index in [1.54, 1.807) is 26.0 Å². The van der Waals surface area contributed by atoms with Crippen molar-refractivity contribution in [1.29, 1.82) is 0 Å². The Bertz CT molecular complexity index is 1010. The molecule has 0 aliphatic carbocycles. The first-order valence-electron chi connectivity index (χ1n) is 9.59. The molecule has 2 aliphatic rings. The van der Waals surface area contributed by atoms with E-state index in [0.29, 0.717) is 42.8 Å². The maximum absolute atomic E-state index is 13.5. The fourth-order valence-electron chi connectivity index (χ4n) is 4.40. The van der Waals surface area contributed by atoms with Gasteiger partial charge in [0.25, 0.3) is 0 Å². The van der Waals surface area contributed by atoms with Gasteiger partial charge in [0.1, 0.15) is 5.75 Å². The molecule has 2 aliphatic heterocycles. The zero-order chi connectivity index (χ0) is 21.6. The number of piperidine rings is 1. The van der Waals surface area contributed by atoms with Crippen molar-refractivity contribution >= 4 is 25.6 Å². The van der Waals surface area contributed by atoms with Crippen molar-refractivity contribution in [2.75, 3.05) is 31.7 Å². The van der Waals surface area contributed by atoms with Crippen LogP contribution in [0.4, 0.5) is 0 Å². The number of primary amides is 1. The molecule has 2 atom stereocenters. The summed E-state index contributed by atoms with van der Waals surface area (Å²) in [6, 6.07) is 2.60. The number of carbonyl (C=O) groups is 1. The van der Waals surface area contributed by atoms with E-state index in [-0.39, 0.29) is 28.2 Å². The molecule has 0 aromatic heterocycles. The van der Waals surface area contributed by atoms with E-state index in [9.17, 15) is 21.6 Å². The fourth-order valence-corrected chi connectivity index (χ4v) is 9.54. The van der Waals surface area contributed by atoms with Crippen LogP contribution in [0.2, 0.25) is 0 Å². The standard InChI is InChI=1S/C19H28N2O6S2/c1-12-9-17(13(2)8-16(12)27-3)29(25,26)18-11-28(23,24)10-15(18)21-6-4-14(5-7-21)19(20)22/h8-9,14-15,18H,4-7,10-11H2,1-3H3,(H2,20,22)/t15-,18-/m0/s1. The lowest BCUT2D eigenvalue weighted by molar-refractivity contribution is -0.123. The first-order valence-corrected chi connectivity index (χ1v) is 13.0. The average molecular weight is 445 g/mol. The van der Waals surface area contributed by atoms with Crippen LogP contribution in [-0.2, 0) is 24.5 Å². The lowest BCUT2D eigenvalue weighted by Gasteiger charge is -2.36. The molecular formula is C19H28N2O6S2. The summed E-state index contributed by atoms with van der Waals surface area (Å²) in [5, 5.41) is -1.04. The number of benzene rings is 1. The van der Waals surface area contributed by atoms with Crippen LogP contribution < -0.4 is 10.5 Å². The first-order chi connectivity index (χ1) is 13.5. The van der Waals surface area contributed by atoms with E-state index in [4.69, 9.17) is 10.5 Å². The van der Waals surface area contributed by atoms with Gasteiger partial charge in [0.15, 0.2) is 19.7 Å². The molecule has 162 valence electrons. The second kappa shape index (κ2) is 7.88. The number of ether oxygens (including phenoxy) is 1. The largest absolute Gasteiger partial charge is 0.496 e. The Kier molecular flexibility index (Phi) is 5.99. The number of amides is 1. The van der Waals surface area contributed by atoms with E-state index < -0.39 is 31.0 Å². The Hall–Kier alpha value is -1.65. The SMILES string of the molecule is COc1cc(C)c(S(=O)(=O)[C@H]2CS(=O)(=O)C[C@@H]2N2CCC(C(N)=O)CC2)cc1C. The van der Waals surface area contributed by atoms with Crippen LogP contribution in [0.1, 0.15) is 24.0 Å². The van der Waals surface area contributed by atoms with Crippen LogP contribution in [0.5, 0.6) is 5.75 Å². The van der Waals surface area contributed by atoms with Crippen molar-refractivity contribution in [2.24, 2.45) is 11.7 Å². The van der Waals surface area contributed by atoms with Crippen molar-refractivity contribution in [3.8, 4) is 5.75 Å². The van der Waals surface area contributed by atoms with Crippen molar-refractivity contribution in [3.05, 3.63) is 23.3 Å². The molecule has 2 N–H and O–H groups in total. The predicted molar refractivity (Wildman–Crippen MR) is 109 cm³/mol. The summed E-state index contributed by atoms with van der Waals surface area (Å²) in [5.74, 6) is -0.597. The number of nitrogens with zero attached hydrogens (tertiary/aromatic N) is 1. The summed E-state index contributed by atoms with van der Waals surface area (Å²) in [5.41, 5.74) is 6.58.